The lowest BCUT2D eigenvalue weighted by Crippen LogP contribution is -2.29. The first-order chi connectivity index (χ1) is 8.49. The minimum atomic E-state index is 0.456. The van der Waals surface area contributed by atoms with E-state index in [1.807, 2.05) is 11.7 Å². The summed E-state index contributed by atoms with van der Waals surface area (Å²) in [4.78, 5) is 2.26. The highest BCUT2D eigenvalue weighted by Crippen LogP contribution is 2.23. The van der Waals surface area contributed by atoms with Gasteiger partial charge >= 0.3 is 0 Å². The molecule has 1 heterocycles. The standard InChI is InChI=1S/C13H26N4O/c1-10(2)16(4)13-12(9-14-7-8-18-6)11(3)15-17(13)5/h10,14H,7-9H2,1-6H3. The van der Waals surface area contributed by atoms with Gasteiger partial charge in [-0.05, 0) is 20.8 Å². The van der Waals surface area contributed by atoms with E-state index in [9.17, 15) is 0 Å². The predicted molar refractivity (Wildman–Crippen MR) is 75.1 cm³/mol. The number of nitrogens with one attached hydrogen (secondary N) is 1. The van der Waals surface area contributed by atoms with Crippen LogP contribution < -0.4 is 10.2 Å². The van der Waals surface area contributed by atoms with Gasteiger partial charge in [0.05, 0.1) is 12.3 Å². The summed E-state index contributed by atoms with van der Waals surface area (Å²) in [5.74, 6) is 1.19. The molecule has 0 unspecified atom stereocenters. The Morgan fingerprint density at radius 2 is 2.11 bits per heavy atom. The van der Waals surface area contributed by atoms with Crippen LogP contribution in [0.15, 0.2) is 0 Å². The van der Waals surface area contributed by atoms with E-state index in [-0.39, 0.29) is 0 Å². The van der Waals surface area contributed by atoms with Crippen molar-refractivity contribution in [2.75, 3.05) is 32.2 Å². The number of rotatable bonds is 7. The molecule has 0 atom stereocenters. The fourth-order valence-electron chi connectivity index (χ4n) is 1.97. The second-order valence-electron chi connectivity index (χ2n) is 4.89. The molecule has 0 aliphatic heterocycles. The molecule has 0 fully saturated rings. The van der Waals surface area contributed by atoms with E-state index in [2.05, 4.69) is 43.1 Å². The maximum Gasteiger partial charge on any atom is 0.131 e. The SMILES string of the molecule is COCCNCc1c(C)nn(C)c1N(C)C(C)C. The highest BCUT2D eigenvalue weighted by atomic mass is 16.5. The van der Waals surface area contributed by atoms with Crippen molar-refractivity contribution in [1.29, 1.82) is 0 Å². The monoisotopic (exact) mass is 254 g/mol. The first-order valence-electron chi connectivity index (χ1n) is 6.44. The van der Waals surface area contributed by atoms with Crippen molar-refractivity contribution >= 4 is 5.82 Å². The van der Waals surface area contributed by atoms with E-state index in [1.165, 1.54) is 11.4 Å². The second-order valence-corrected chi connectivity index (χ2v) is 4.89. The van der Waals surface area contributed by atoms with E-state index in [4.69, 9.17) is 4.74 Å². The summed E-state index contributed by atoms with van der Waals surface area (Å²) in [6.07, 6.45) is 0. The van der Waals surface area contributed by atoms with Gasteiger partial charge in [0.1, 0.15) is 5.82 Å². The first-order valence-corrected chi connectivity index (χ1v) is 6.44. The van der Waals surface area contributed by atoms with Crippen LogP contribution in [0.1, 0.15) is 25.1 Å². The smallest absolute Gasteiger partial charge is 0.131 e. The molecule has 0 saturated heterocycles. The number of hydrogen-bond donors (Lipinski definition) is 1. The number of aromatic nitrogens is 2. The molecule has 0 amide bonds. The minimum absolute atomic E-state index is 0.456. The van der Waals surface area contributed by atoms with Crippen LogP contribution in [-0.2, 0) is 18.3 Å². The Hall–Kier alpha value is -1.07. The van der Waals surface area contributed by atoms with Crippen molar-refractivity contribution in [3.8, 4) is 0 Å². The summed E-state index contributed by atoms with van der Waals surface area (Å²) in [5.41, 5.74) is 2.36. The van der Waals surface area contributed by atoms with Gasteiger partial charge in [0.2, 0.25) is 0 Å². The minimum Gasteiger partial charge on any atom is -0.383 e. The number of hydrogen-bond acceptors (Lipinski definition) is 4. The highest BCUT2D eigenvalue weighted by molar-refractivity contribution is 5.50. The molecule has 0 radical (unpaired) electrons. The van der Waals surface area contributed by atoms with Crippen LogP contribution in [-0.4, -0.2) is 43.1 Å². The number of nitrogens with zero attached hydrogens (tertiary/aromatic N) is 3. The lowest BCUT2D eigenvalue weighted by Gasteiger charge is -2.25. The second kappa shape index (κ2) is 6.75. The number of methoxy groups -OCH3 is 1. The van der Waals surface area contributed by atoms with Gasteiger partial charge in [-0.1, -0.05) is 0 Å². The molecule has 1 N–H and O–H groups in total. The molecule has 104 valence electrons. The zero-order chi connectivity index (χ0) is 13.7. The van der Waals surface area contributed by atoms with Crippen molar-refractivity contribution in [2.24, 2.45) is 7.05 Å². The Morgan fingerprint density at radius 3 is 2.67 bits per heavy atom. The van der Waals surface area contributed by atoms with Crippen LogP contribution in [0.3, 0.4) is 0 Å². The molecule has 0 aliphatic carbocycles. The van der Waals surface area contributed by atoms with Gasteiger partial charge in [0.25, 0.3) is 0 Å². The van der Waals surface area contributed by atoms with Crippen LogP contribution in [0.4, 0.5) is 5.82 Å². The van der Waals surface area contributed by atoms with E-state index in [0.717, 1.165) is 25.4 Å². The summed E-state index contributed by atoms with van der Waals surface area (Å²) in [6, 6.07) is 0.456. The number of aryl methyl sites for hydroxylation is 2. The molecule has 0 aromatic carbocycles. The van der Waals surface area contributed by atoms with E-state index in [0.29, 0.717) is 6.04 Å². The Kier molecular flexibility index (Phi) is 5.62. The van der Waals surface area contributed by atoms with Crippen LogP contribution in [0.25, 0.3) is 0 Å². The zero-order valence-corrected chi connectivity index (χ0v) is 12.4. The average molecular weight is 254 g/mol. The molecule has 0 spiro atoms. The molecule has 18 heavy (non-hydrogen) atoms. The van der Waals surface area contributed by atoms with Crippen LogP contribution in [0.5, 0.6) is 0 Å². The number of anilines is 1. The van der Waals surface area contributed by atoms with Crippen molar-refractivity contribution in [1.82, 2.24) is 15.1 Å². The lowest BCUT2D eigenvalue weighted by atomic mass is 10.2. The largest absolute Gasteiger partial charge is 0.383 e. The Bertz CT molecular complexity index is 373. The van der Waals surface area contributed by atoms with E-state index >= 15 is 0 Å². The number of ether oxygens (including phenoxy) is 1. The maximum atomic E-state index is 5.04. The molecular weight excluding hydrogens is 228 g/mol. The first kappa shape index (κ1) is 15.0. The van der Waals surface area contributed by atoms with Crippen LogP contribution >= 0.6 is 0 Å². The maximum absolute atomic E-state index is 5.04. The summed E-state index contributed by atoms with van der Waals surface area (Å²) in [6.45, 7) is 8.85. The van der Waals surface area contributed by atoms with Gasteiger partial charge < -0.3 is 15.0 Å². The third-order valence-corrected chi connectivity index (χ3v) is 3.21. The topological polar surface area (TPSA) is 42.3 Å². The molecule has 5 nitrogen and oxygen atoms in total. The summed E-state index contributed by atoms with van der Waals surface area (Å²) >= 11 is 0. The van der Waals surface area contributed by atoms with E-state index in [1.54, 1.807) is 7.11 Å². The van der Waals surface area contributed by atoms with Crippen molar-refractivity contribution in [3.05, 3.63) is 11.3 Å². The van der Waals surface area contributed by atoms with Gasteiger partial charge in [-0.25, -0.2) is 0 Å². The van der Waals surface area contributed by atoms with Crippen LogP contribution in [0.2, 0.25) is 0 Å². The van der Waals surface area contributed by atoms with Gasteiger partial charge in [-0.2, -0.15) is 5.10 Å². The van der Waals surface area contributed by atoms with Crippen molar-refractivity contribution in [2.45, 2.75) is 33.4 Å². The molecule has 1 aromatic rings. The van der Waals surface area contributed by atoms with Crippen LogP contribution in [0, 0.1) is 6.92 Å². The van der Waals surface area contributed by atoms with Gasteiger partial charge in [0.15, 0.2) is 0 Å². The van der Waals surface area contributed by atoms with Gasteiger partial charge in [-0.15, -0.1) is 0 Å². The highest BCUT2D eigenvalue weighted by Gasteiger charge is 2.18. The van der Waals surface area contributed by atoms with Gasteiger partial charge in [-0.3, -0.25) is 4.68 Å². The average Bonchev–Trinajstić information content (AvgIpc) is 2.58. The Labute approximate surface area is 110 Å². The Morgan fingerprint density at radius 1 is 1.44 bits per heavy atom. The summed E-state index contributed by atoms with van der Waals surface area (Å²) in [5, 5.41) is 7.90. The fourth-order valence-corrected chi connectivity index (χ4v) is 1.97. The van der Waals surface area contributed by atoms with Gasteiger partial charge in [0, 0.05) is 45.9 Å². The van der Waals surface area contributed by atoms with Crippen molar-refractivity contribution in [3.63, 3.8) is 0 Å². The molecule has 0 aliphatic rings. The molecule has 5 heteroatoms. The molecule has 1 rings (SSSR count). The third-order valence-electron chi connectivity index (χ3n) is 3.21. The normalized spacial score (nSPS) is 11.3. The fraction of sp³-hybridized carbons (Fsp3) is 0.769. The summed E-state index contributed by atoms with van der Waals surface area (Å²) in [7, 11) is 5.83. The molecule has 0 saturated carbocycles. The molecular formula is C13H26N4O. The zero-order valence-electron chi connectivity index (χ0n) is 12.4. The summed E-state index contributed by atoms with van der Waals surface area (Å²) < 4.78 is 7.00. The predicted octanol–water partition coefficient (Wildman–Crippen LogP) is 1.31. The molecule has 1 aromatic heterocycles. The molecule has 0 bridgehead atoms. The quantitative estimate of drug-likeness (QED) is 0.745. The van der Waals surface area contributed by atoms with Crippen molar-refractivity contribution < 1.29 is 4.74 Å². The third kappa shape index (κ3) is 3.46. The lowest BCUT2D eigenvalue weighted by molar-refractivity contribution is 0.199. The van der Waals surface area contributed by atoms with E-state index < -0.39 is 0 Å². The Balaban J connectivity index is 2.82.